The van der Waals surface area contributed by atoms with Crippen molar-refractivity contribution in [1.29, 1.82) is 0 Å². The quantitative estimate of drug-likeness (QED) is 0.910. The predicted molar refractivity (Wildman–Crippen MR) is 81.1 cm³/mol. The van der Waals surface area contributed by atoms with Crippen LogP contribution in [0.1, 0.15) is 39.5 Å². The van der Waals surface area contributed by atoms with E-state index < -0.39 is 12.7 Å². The molecule has 1 aliphatic rings. The smallest absolute Gasteiger partial charge is 0.322 e. The minimum absolute atomic E-state index is 0.189. The van der Waals surface area contributed by atoms with Gasteiger partial charge in [0, 0.05) is 18.8 Å². The molecule has 0 unspecified atom stereocenters. The number of carbonyl (C=O) groups is 1. The van der Waals surface area contributed by atoms with E-state index in [0.29, 0.717) is 12.5 Å². The lowest BCUT2D eigenvalue weighted by molar-refractivity contribution is -0.142. The Bertz CT molecular complexity index is 527. The van der Waals surface area contributed by atoms with Gasteiger partial charge in [0.2, 0.25) is 0 Å². The van der Waals surface area contributed by atoms with E-state index in [4.69, 9.17) is 0 Å². The molecule has 8 heteroatoms. The van der Waals surface area contributed by atoms with E-state index in [1.165, 1.54) is 12.4 Å². The highest BCUT2D eigenvalue weighted by atomic mass is 19.4. The average Bonchev–Trinajstić information content (AvgIpc) is 2.83. The summed E-state index contributed by atoms with van der Waals surface area (Å²) in [6.07, 6.45) is 2.07. The van der Waals surface area contributed by atoms with Crippen LogP contribution in [0.3, 0.4) is 0 Å². The van der Waals surface area contributed by atoms with Gasteiger partial charge in [-0.25, -0.2) is 4.79 Å². The van der Waals surface area contributed by atoms with Crippen molar-refractivity contribution in [1.82, 2.24) is 14.7 Å². The number of nitrogens with zero attached hydrogens (tertiary/aromatic N) is 3. The molecule has 1 saturated heterocycles. The summed E-state index contributed by atoms with van der Waals surface area (Å²) in [6.45, 7) is 3.75. The van der Waals surface area contributed by atoms with Crippen LogP contribution in [0.5, 0.6) is 0 Å². The first-order valence-corrected chi connectivity index (χ1v) is 7.91. The largest absolute Gasteiger partial charge is 0.408 e. The molecule has 0 aromatic carbocycles. The molecule has 0 spiro atoms. The van der Waals surface area contributed by atoms with Crippen LogP contribution in [0, 0.1) is 5.92 Å². The average molecular weight is 332 g/mol. The number of hydrogen-bond donors (Lipinski definition) is 1. The van der Waals surface area contributed by atoms with Crippen molar-refractivity contribution in [2.45, 2.75) is 58.3 Å². The van der Waals surface area contributed by atoms with Gasteiger partial charge in [0.15, 0.2) is 0 Å². The Labute approximate surface area is 133 Å². The molecule has 1 atom stereocenters. The van der Waals surface area contributed by atoms with Crippen molar-refractivity contribution in [2.24, 2.45) is 5.92 Å². The van der Waals surface area contributed by atoms with Gasteiger partial charge in [-0.05, 0) is 31.6 Å². The maximum absolute atomic E-state index is 12.4. The monoisotopic (exact) mass is 332 g/mol. The molecule has 1 aliphatic heterocycles. The SMILES string of the molecule is CC(C)C[C@@H]1CCCCN1C(=O)Nc1cnn(CC(F)(F)F)c1. The van der Waals surface area contributed by atoms with E-state index in [9.17, 15) is 18.0 Å². The van der Waals surface area contributed by atoms with Crippen molar-refractivity contribution in [3.8, 4) is 0 Å². The zero-order chi connectivity index (χ0) is 17.0. The molecule has 2 heterocycles. The number of amides is 2. The summed E-state index contributed by atoms with van der Waals surface area (Å²) in [7, 11) is 0. The van der Waals surface area contributed by atoms with Crippen molar-refractivity contribution in [3.63, 3.8) is 0 Å². The van der Waals surface area contributed by atoms with Gasteiger partial charge in [-0.3, -0.25) is 4.68 Å². The van der Waals surface area contributed by atoms with Crippen molar-refractivity contribution in [3.05, 3.63) is 12.4 Å². The minimum Gasteiger partial charge on any atom is -0.322 e. The second-order valence-electron chi connectivity index (χ2n) is 6.44. The third kappa shape index (κ3) is 5.44. The second kappa shape index (κ2) is 7.23. The number of halogens is 3. The molecule has 0 radical (unpaired) electrons. The van der Waals surface area contributed by atoms with E-state index in [-0.39, 0.29) is 17.8 Å². The topological polar surface area (TPSA) is 50.2 Å². The van der Waals surface area contributed by atoms with E-state index in [1.54, 1.807) is 4.90 Å². The van der Waals surface area contributed by atoms with Gasteiger partial charge in [-0.1, -0.05) is 13.8 Å². The number of anilines is 1. The molecule has 0 saturated carbocycles. The number of alkyl halides is 3. The first kappa shape index (κ1) is 17.6. The molecular formula is C15H23F3N4O. The summed E-state index contributed by atoms with van der Waals surface area (Å²) < 4.78 is 37.7. The van der Waals surface area contributed by atoms with Crippen molar-refractivity contribution < 1.29 is 18.0 Å². The molecule has 130 valence electrons. The third-order valence-corrected chi connectivity index (χ3v) is 3.86. The van der Waals surface area contributed by atoms with Crippen LogP contribution < -0.4 is 5.32 Å². The second-order valence-corrected chi connectivity index (χ2v) is 6.44. The van der Waals surface area contributed by atoms with Crippen LogP contribution in [0.2, 0.25) is 0 Å². The summed E-state index contributed by atoms with van der Waals surface area (Å²) in [4.78, 5) is 14.2. The maximum Gasteiger partial charge on any atom is 0.408 e. The van der Waals surface area contributed by atoms with Crippen LogP contribution in [-0.4, -0.2) is 39.5 Å². The summed E-state index contributed by atoms with van der Waals surface area (Å²) >= 11 is 0. The lowest BCUT2D eigenvalue weighted by Gasteiger charge is -2.36. The zero-order valence-electron chi connectivity index (χ0n) is 13.4. The number of nitrogens with one attached hydrogen (secondary N) is 1. The first-order chi connectivity index (χ1) is 10.7. The van der Waals surface area contributed by atoms with E-state index in [1.807, 2.05) is 0 Å². The fraction of sp³-hybridized carbons (Fsp3) is 0.733. The lowest BCUT2D eigenvalue weighted by atomic mass is 9.94. The van der Waals surface area contributed by atoms with Crippen LogP contribution in [0.25, 0.3) is 0 Å². The van der Waals surface area contributed by atoms with Crippen LogP contribution in [-0.2, 0) is 6.54 Å². The van der Waals surface area contributed by atoms with E-state index >= 15 is 0 Å². The Morgan fingerprint density at radius 2 is 2.17 bits per heavy atom. The molecule has 1 aromatic heterocycles. The Morgan fingerprint density at radius 3 is 2.83 bits per heavy atom. The molecule has 1 N–H and O–H groups in total. The summed E-state index contributed by atoms with van der Waals surface area (Å²) in [5.74, 6) is 0.489. The summed E-state index contributed by atoms with van der Waals surface area (Å²) in [5.41, 5.74) is 0.285. The predicted octanol–water partition coefficient (Wildman–Crippen LogP) is 3.88. The molecule has 5 nitrogen and oxygen atoms in total. The number of likely N-dealkylation sites (tertiary alicyclic amines) is 1. The molecule has 2 amide bonds. The molecule has 1 fully saturated rings. The van der Waals surface area contributed by atoms with Gasteiger partial charge >= 0.3 is 12.2 Å². The van der Waals surface area contributed by atoms with Crippen molar-refractivity contribution in [2.75, 3.05) is 11.9 Å². The lowest BCUT2D eigenvalue weighted by Crippen LogP contribution is -2.46. The number of piperidine rings is 1. The van der Waals surface area contributed by atoms with Gasteiger partial charge in [-0.2, -0.15) is 18.3 Å². The minimum atomic E-state index is -4.33. The highest BCUT2D eigenvalue weighted by Crippen LogP contribution is 2.24. The zero-order valence-corrected chi connectivity index (χ0v) is 13.4. The van der Waals surface area contributed by atoms with Crippen LogP contribution >= 0.6 is 0 Å². The molecule has 2 rings (SSSR count). The van der Waals surface area contributed by atoms with E-state index in [0.717, 1.165) is 30.4 Å². The number of carbonyl (C=O) groups excluding carboxylic acids is 1. The maximum atomic E-state index is 12.4. The molecule has 1 aromatic rings. The van der Waals surface area contributed by atoms with Crippen molar-refractivity contribution >= 4 is 11.7 Å². The van der Waals surface area contributed by atoms with Gasteiger partial charge in [0.05, 0.1) is 11.9 Å². The van der Waals surface area contributed by atoms with Gasteiger partial charge in [0.1, 0.15) is 6.54 Å². The summed E-state index contributed by atoms with van der Waals surface area (Å²) in [5, 5.41) is 6.29. The Hall–Kier alpha value is -1.73. The van der Waals surface area contributed by atoms with E-state index in [2.05, 4.69) is 24.3 Å². The molecule has 23 heavy (non-hydrogen) atoms. The normalized spacial score (nSPS) is 19.2. The molecule has 0 bridgehead atoms. The first-order valence-electron chi connectivity index (χ1n) is 7.91. The highest BCUT2D eigenvalue weighted by Gasteiger charge is 2.29. The standard InChI is InChI=1S/C15H23F3N4O/c1-11(2)7-13-5-3-4-6-22(13)14(23)20-12-8-19-21(9-12)10-15(16,17)18/h8-9,11,13H,3-7,10H2,1-2H3,(H,20,23)/t13-/m0/s1. The van der Waals surface area contributed by atoms with Crippen LogP contribution in [0.15, 0.2) is 12.4 Å². The highest BCUT2D eigenvalue weighted by molar-refractivity contribution is 5.89. The third-order valence-electron chi connectivity index (χ3n) is 3.86. The molecule has 0 aliphatic carbocycles. The fourth-order valence-electron chi connectivity index (χ4n) is 2.95. The molecular weight excluding hydrogens is 309 g/mol. The number of urea groups is 1. The van der Waals surface area contributed by atoms with Gasteiger partial charge in [0.25, 0.3) is 0 Å². The Kier molecular flexibility index (Phi) is 5.54. The Balaban J connectivity index is 1.97. The van der Waals surface area contributed by atoms with Gasteiger partial charge in [-0.15, -0.1) is 0 Å². The van der Waals surface area contributed by atoms with Gasteiger partial charge < -0.3 is 10.2 Å². The Morgan fingerprint density at radius 1 is 1.43 bits per heavy atom. The number of rotatable bonds is 4. The van der Waals surface area contributed by atoms with Crippen LogP contribution in [0.4, 0.5) is 23.7 Å². The summed E-state index contributed by atoms with van der Waals surface area (Å²) in [6, 6.07) is -0.0733. The fourth-order valence-corrected chi connectivity index (χ4v) is 2.95. The number of aromatic nitrogens is 2. The number of hydrogen-bond acceptors (Lipinski definition) is 2.